The molecule has 0 bridgehead atoms. The van der Waals surface area contributed by atoms with Crippen LogP contribution in [0.1, 0.15) is 12.0 Å². The van der Waals surface area contributed by atoms with E-state index in [9.17, 15) is 14.3 Å². The molecule has 0 saturated carbocycles. The van der Waals surface area contributed by atoms with Gasteiger partial charge in [0, 0.05) is 11.6 Å². The van der Waals surface area contributed by atoms with Crippen LogP contribution in [0.25, 0.3) is 6.08 Å². The summed E-state index contributed by atoms with van der Waals surface area (Å²) in [7, 11) is 0. The van der Waals surface area contributed by atoms with Gasteiger partial charge in [0.05, 0.1) is 6.42 Å². The highest BCUT2D eigenvalue weighted by Gasteiger charge is 1.98. The lowest BCUT2D eigenvalue weighted by Crippen LogP contribution is -1.89. The Bertz CT molecular complexity index is 372. The van der Waals surface area contributed by atoms with Crippen molar-refractivity contribution < 1.29 is 19.4 Å². The number of hydrogen-bond donors (Lipinski definition) is 2. The molecule has 0 fully saturated rings. The van der Waals surface area contributed by atoms with Gasteiger partial charge in [0.1, 0.15) is 11.6 Å². The number of carboxylic acid groups (broad SMARTS) is 1. The molecule has 1 aromatic carbocycles. The second-order valence-electron chi connectivity index (χ2n) is 2.70. The molecule has 4 heteroatoms. The quantitative estimate of drug-likeness (QED) is 0.777. The lowest BCUT2D eigenvalue weighted by Gasteiger charge is -1.97. The van der Waals surface area contributed by atoms with Crippen molar-refractivity contribution in [2.75, 3.05) is 0 Å². The summed E-state index contributed by atoms with van der Waals surface area (Å²) in [5.74, 6) is -1.69. The molecule has 0 saturated heterocycles. The van der Waals surface area contributed by atoms with Gasteiger partial charge in [-0.2, -0.15) is 0 Å². The Hall–Kier alpha value is -1.84. The lowest BCUT2D eigenvalue weighted by molar-refractivity contribution is -0.135. The van der Waals surface area contributed by atoms with Crippen LogP contribution in [-0.2, 0) is 4.79 Å². The molecule has 2 N–H and O–H groups in total. The molecule has 0 aliphatic rings. The third-order valence-corrected chi connectivity index (χ3v) is 1.58. The van der Waals surface area contributed by atoms with Crippen LogP contribution in [-0.4, -0.2) is 16.2 Å². The van der Waals surface area contributed by atoms with Crippen LogP contribution in [0, 0.1) is 5.82 Å². The summed E-state index contributed by atoms with van der Waals surface area (Å²) >= 11 is 0. The van der Waals surface area contributed by atoms with Crippen LogP contribution in [0.2, 0.25) is 0 Å². The van der Waals surface area contributed by atoms with Crippen LogP contribution in [0.3, 0.4) is 0 Å². The van der Waals surface area contributed by atoms with E-state index in [1.165, 1.54) is 24.3 Å². The minimum Gasteiger partial charge on any atom is -0.507 e. The summed E-state index contributed by atoms with van der Waals surface area (Å²) in [6.45, 7) is 0. The minimum atomic E-state index is -0.956. The molecule has 3 nitrogen and oxygen atoms in total. The van der Waals surface area contributed by atoms with E-state index in [2.05, 4.69) is 0 Å². The second kappa shape index (κ2) is 4.41. The molecule has 0 aliphatic carbocycles. The maximum atomic E-state index is 12.5. The van der Waals surface area contributed by atoms with E-state index in [1.54, 1.807) is 0 Å². The fourth-order valence-electron chi connectivity index (χ4n) is 0.944. The zero-order valence-corrected chi connectivity index (χ0v) is 7.27. The monoisotopic (exact) mass is 196 g/mol. The van der Waals surface area contributed by atoms with Gasteiger partial charge in [0.25, 0.3) is 0 Å². The zero-order chi connectivity index (χ0) is 10.6. The first-order valence-corrected chi connectivity index (χ1v) is 3.96. The van der Waals surface area contributed by atoms with Gasteiger partial charge in [-0.3, -0.25) is 4.79 Å². The normalized spacial score (nSPS) is 10.6. The Kier molecular flexibility index (Phi) is 3.23. The molecule has 0 spiro atoms. The molecular formula is C10H9FO3. The molecule has 0 atom stereocenters. The van der Waals surface area contributed by atoms with Crippen LogP contribution in [0.5, 0.6) is 5.75 Å². The predicted octanol–water partition coefficient (Wildman–Crippen LogP) is 2.02. The van der Waals surface area contributed by atoms with Crippen molar-refractivity contribution in [3.63, 3.8) is 0 Å². The number of phenolic OH excluding ortho intramolecular Hbond substituents is 1. The Labute approximate surface area is 80.1 Å². The van der Waals surface area contributed by atoms with Crippen molar-refractivity contribution in [3.05, 3.63) is 35.7 Å². The van der Waals surface area contributed by atoms with Crippen molar-refractivity contribution in [1.29, 1.82) is 0 Å². The van der Waals surface area contributed by atoms with Gasteiger partial charge >= 0.3 is 5.97 Å². The van der Waals surface area contributed by atoms with E-state index in [4.69, 9.17) is 5.11 Å². The van der Waals surface area contributed by atoms with Crippen molar-refractivity contribution in [2.45, 2.75) is 6.42 Å². The smallest absolute Gasteiger partial charge is 0.307 e. The summed E-state index contributed by atoms with van der Waals surface area (Å²) < 4.78 is 12.5. The van der Waals surface area contributed by atoms with Gasteiger partial charge in [-0.15, -0.1) is 0 Å². The third kappa shape index (κ3) is 2.90. The number of rotatable bonds is 3. The van der Waals surface area contributed by atoms with Crippen LogP contribution < -0.4 is 0 Å². The number of benzene rings is 1. The average molecular weight is 196 g/mol. The zero-order valence-electron chi connectivity index (χ0n) is 7.27. The molecule has 0 amide bonds. The predicted molar refractivity (Wildman–Crippen MR) is 49.4 cm³/mol. The van der Waals surface area contributed by atoms with E-state index in [1.807, 2.05) is 0 Å². The van der Waals surface area contributed by atoms with Gasteiger partial charge in [0.2, 0.25) is 0 Å². The summed E-state index contributed by atoms with van der Waals surface area (Å²) in [6.07, 6.45) is 2.69. The Morgan fingerprint density at radius 3 is 2.79 bits per heavy atom. The topological polar surface area (TPSA) is 57.5 Å². The summed E-state index contributed by atoms with van der Waals surface area (Å²) in [5.41, 5.74) is 0.396. The molecule has 0 heterocycles. The van der Waals surface area contributed by atoms with Crippen molar-refractivity contribution in [3.8, 4) is 5.75 Å². The molecular weight excluding hydrogens is 187 g/mol. The van der Waals surface area contributed by atoms with Crippen LogP contribution in [0.4, 0.5) is 4.39 Å². The standard InChI is InChI=1S/C10H9FO3/c11-8-5-4-7(9(12)6-8)2-1-3-10(13)14/h1-2,4-6,12H,3H2,(H,13,14). The maximum Gasteiger partial charge on any atom is 0.307 e. The summed E-state index contributed by atoms with van der Waals surface area (Å²) in [4.78, 5) is 10.2. The molecule has 0 aliphatic heterocycles. The van der Waals surface area contributed by atoms with E-state index < -0.39 is 11.8 Å². The third-order valence-electron chi connectivity index (χ3n) is 1.58. The Balaban J connectivity index is 2.76. The van der Waals surface area contributed by atoms with Gasteiger partial charge in [-0.05, 0) is 12.1 Å². The molecule has 0 unspecified atom stereocenters. The number of carbonyl (C=O) groups is 1. The molecule has 0 aromatic heterocycles. The van der Waals surface area contributed by atoms with Gasteiger partial charge in [-0.1, -0.05) is 12.2 Å². The maximum absolute atomic E-state index is 12.5. The van der Waals surface area contributed by atoms with E-state index in [-0.39, 0.29) is 12.2 Å². The SMILES string of the molecule is O=C(O)CC=Cc1ccc(F)cc1O. The summed E-state index contributed by atoms with van der Waals surface area (Å²) in [5, 5.41) is 17.5. The average Bonchev–Trinajstić information content (AvgIpc) is 2.08. The molecule has 0 radical (unpaired) electrons. The summed E-state index contributed by atoms with van der Waals surface area (Å²) in [6, 6.07) is 3.55. The highest BCUT2D eigenvalue weighted by Crippen LogP contribution is 2.19. The van der Waals surface area contributed by atoms with Crippen LogP contribution >= 0.6 is 0 Å². The van der Waals surface area contributed by atoms with Gasteiger partial charge in [-0.25, -0.2) is 4.39 Å². The van der Waals surface area contributed by atoms with Crippen molar-refractivity contribution >= 4 is 12.0 Å². The lowest BCUT2D eigenvalue weighted by atomic mass is 10.1. The van der Waals surface area contributed by atoms with Crippen molar-refractivity contribution in [2.24, 2.45) is 0 Å². The molecule has 1 rings (SSSR count). The molecule has 74 valence electrons. The van der Waals surface area contributed by atoms with E-state index >= 15 is 0 Å². The van der Waals surface area contributed by atoms with Crippen molar-refractivity contribution in [1.82, 2.24) is 0 Å². The van der Waals surface area contributed by atoms with Gasteiger partial charge in [0.15, 0.2) is 0 Å². The highest BCUT2D eigenvalue weighted by atomic mass is 19.1. The van der Waals surface area contributed by atoms with Gasteiger partial charge < -0.3 is 10.2 Å². The number of phenols is 1. The van der Waals surface area contributed by atoms with Crippen LogP contribution in [0.15, 0.2) is 24.3 Å². The molecule has 14 heavy (non-hydrogen) atoms. The highest BCUT2D eigenvalue weighted by molar-refractivity contribution is 5.71. The number of aromatic hydroxyl groups is 1. The minimum absolute atomic E-state index is 0.128. The fraction of sp³-hybridized carbons (Fsp3) is 0.100. The number of carboxylic acids is 1. The first-order valence-electron chi connectivity index (χ1n) is 3.96. The number of aliphatic carboxylic acids is 1. The number of halogens is 1. The van der Waals surface area contributed by atoms with E-state index in [0.29, 0.717) is 5.56 Å². The first kappa shape index (κ1) is 10.2. The second-order valence-corrected chi connectivity index (χ2v) is 2.70. The molecule has 1 aromatic rings. The Morgan fingerprint density at radius 1 is 1.50 bits per heavy atom. The fourth-order valence-corrected chi connectivity index (χ4v) is 0.944. The van der Waals surface area contributed by atoms with E-state index in [0.717, 1.165) is 6.07 Å². The largest absolute Gasteiger partial charge is 0.507 e. The first-order chi connectivity index (χ1) is 6.59. The Morgan fingerprint density at radius 2 is 2.21 bits per heavy atom. The number of hydrogen-bond acceptors (Lipinski definition) is 2.